The predicted molar refractivity (Wildman–Crippen MR) is 130 cm³/mol. The highest BCUT2D eigenvalue weighted by atomic mass is 35.5. The fourth-order valence-electron chi connectivity index (χ4n) is 4.47. The van der Waals surface area contributed by atoms with Crippen LogP contribution in [-0.2, 0) is 6.54 Å². The lowest BCUT2D eigenvalue weighted by molar-refractivity contribution is 0.0963. The third-order valence-corrected chi connectivity index (χ3v) is 6.46. The van der Waals surface area contributed by atoms with Crippen molar-refractivity contribution in [2.45, 2.75) is 13.5 Å². The first kappa shape index (κ1) is 21.5. The molecule has 4 aromatic rings. The van der Waals surface area contributed by atoms with Gasteiger partial charge in [-0.05, 0) is 48.4 Å². The van der Waals surface area contributed by atoms with Crippen molar-refractivity contribution < 1.29 is 4.79 Å². The van der Waals surface area contributed by atoms with Crippen molar-refractivity contribution in [3.63, 3.8) is 0 Å². The van der Waals surface area contributed by atoms with E-state index in [2.05, 4.69) is 25.1 Å². The summed E-state index contributed by atoms with van der Waals surface area (Å²) in [4.78, 5) is 36.4. The molecule has 0 bridgehead atoms. The van der Waals surface area contributed by atoms with Gasteiger partial charge in [-0.25, -0.2) is 4.79 Å². The summed E-state index contributed by atoms with van der Waals surface area (Å²) >= 11 is 6.47. The number of carbonyl (C=O) groups is 1. The number of amides is 1. The molecule has 4 heterocycles. The van der Waals surface area contributed by atoms with E-state index in [1.54, 1.807) is 23.6 Å². The fourth-order valence-corrected chi connectivity index (χ4v) is 4.77. The van der Waals surface area contributed by atoms with Crippen LogP contribution < -0.4 is 15.9 Å². The van der Waals surface area contributed by atoms with Gasteiger partial charge in [-0.15, -0.1) is 0 Å². The van der Waals surface area contributed by atoms with Crippen LogP contribution in [0.3, 0.4) is 0 Å². The molecule has 0 radical (unpaired) electrons. The van der Waals surface area contributed by atoms with E-state index in [1.165, 1.54) is 0 Å². The van der Waals surface area contributed by atoms with Crippen molar-refractivity contribution in [3.05, 3.63) is 74.9 Å². The van der Waals surface area contributed by atoms with Gasteiger partial charge in [-0.1, -0.05) is 11.6 Å². The number of piperazine rings is 1. The van der Waals surface area contributed by atoms with Crippen molar-refractivity contribution in [1.82, 2.24) is 24.6 Å². The molecule has 1 aliphatic heterocycles. The number of nitrogens with zero attached hydrogens (tertiary/aromatic N) is 4. The zero-order chi connectivity index (χ0) is 23.1. The van der Waals surface area contributed by atoms with Crippen LogP contribution in [0.5, 0.6) is 0 Å². The van der Waals surface area contributed by atoms with Gasteiger partial charge >= 0.3 is 5.69 Å². The molecule has 170 valence electrons. The minimum Gasteiger partial charge on any atom is -0.368 e. The number of aromatic nitrogens is 3. The van der Waals surface area contributed by atoms with Crippen molar-refractivity contribution in [3.8, 4) is 0 Å². The smallest absolute Gasteiger partial charge is 0.330 e. The molecule has 33 heavy (non-hydrogen) atoms. The number of aryl methyl sites for hydroxylation is 1. The molecule has 1 amide bonds. The Kier molecular flexibility index (Phi) is 5.55. The number of nitrogens with one attached hydrogen (secondary N) is 2. The lowest BCUT2D eigenvalue weighted by Gasteiger charge is -2.36. The second-order valence-corrected chi connectivity index (χ2v) is 8.86. The topological polar surface area (TPSA) is 85.7 Å². The summed E-state index contributed by atoms with van der Waals surface area (Å²) in [6, 6.07) is 9.43. The van der Waals surface area contributed by atoms with E-state index in [9.17, 15) is 9.59 Å². The zero-order valence-corrected chi connectivity index (χ0v) is 19.3. The van der Waals surface area contributed by atoms with Crippen LogP contribution >= 0.6 is 11.6 Å². The quantitative estimate of drug-likeness (QED) is 0.485. The molecular weight excluding hydrogens is 440 g/mol. The highest BCUT2D eigenvalue weighted by Gasteiger charge is 2.20. The maximum atomic E-state index is 12.4. The fraction of sp³-hybridized carbons (Fsp3) is 0.292. The largest absolute Gasteiger partial charge is 0.368 e. The molecule has 1 fully saturated rings. The van der Waals surface area contributed by atoms with Gasteiger partial charge in [0.15, 0.2) is 0 Å². The van der Waals surface area contributed by atoms with E-state index >= 15 is 0 Å². The van der Waals surface area contributed by atoms with Crippen LogP contribution in [0.25, 0.3) is 16.6 Å². The van der Waals surface area contributed by atoms with Gasteiger partial charge in [0.1, 0.15) is 5.52 Å². The number of anilines is 1. The monoisotopic (exact) mass is 464 g/mol. The van der Waals surface area contributed by atoms with Crippen LogP contribution in [0.15, 0.2) is 47.5 Å². The van der Waals surface area contributed by atoms with Gasteiger partial charge in [0, 0.05) is 57.7 Å². The third kappa shape index (κ3) is 4.07. The number of hydrogen-bond donors (Lipinski definition) is 2. The molecule has 0 atom stereocenters. The number of rotatable bonds is 4. The maximum Gasteiger partial charge on any atom is 0.330 e. The molecule has 1 aromatic carbocycles. The number of fused-ring (bicyclic) bond motifs is 3. The van der Waals surface area contributed by atoms with Gasteiger partial charge < -0.3 is 15.2 Å². The molecule has 1 aliphatic rings. The SMILES string of the molecule is CNC(=O)c1ccc(N2CCN(Cc3cnc4c(c3)[nH]c(=O)n3cc(C)cc43)CC2)c(Cl)c1. The first-order valence-electron chi connectivity index (χ1n) is 10.9. The van der Waals surface area contributed by atoms with E-state index in [0.29, 0.717) is 10.6 Å². The first-order chi connectivity index (χ1) is 15.9. The summed E-state index contributed by atoms with van der Waals surface area (Å²) in [7, 11) is 1.61. The van der Waals surface area contributed by atoms with Gasteiger partial charge in [0.05, 0.1) is 21.7 Å². The lowest BCUT2D eigenvalue weighted by Crippen LogP contribution is -2.46. The van der Waals surface area contributed by atoms with Crippen molar-refractivity contribution in [2.24, 2.45) is 0 Å². The number of pyridine rings is 1. The molecule has 0 saturated carbocycles. The van der Waals surface area contributed by atoms with Crippen LogP contribution in [0.2, 0.25) is 5.02 Å². The van der Waals surface area contributed by atoms with Crippen LogP contribution in [0, 0.1) is 6.92 Å². The third-order valence-electron chi connectivity index (χ3n) is 6.16. The highest BCUT2D eigenvalue weighted by Crippen LogP contribution is 2.28. The number of H-pyrrole nitrogens is 1. The molecule has 8 nitrogen and oxygen atoms in total. The molecule has 3 aromatic heterocycles. The molecule has 1 saturated heterocycles. The number of hydrogen-bond acceptors (Lipinski definition) is 5. The minimum absolute atomic E-state index is 0.147. The number of halogens is 1. The average molecular weight is 465 g/mol. The Hall–Kier alpha value is -3.36. The summed E-state index contributed by atoms with van der Waals surface area (Å²) < 4.78 is 1.61. The summed E-state index contributed by atoms with van der Waals surface area (Å²) in [6.07, 6.45) is 3.71. The van der Waals surface area contributed by atoms with Crippen molar-refractivity contribution in [1.29, 1.82) is 0 Å². The Morgan fingerprint density at radius 2 is 1.97 bits per heavy atom. The lowest BCUT2D eigenvalue weighted by atomic mass is 10.1. The van der Waals surface area contributed by atoms with Crippen LogP contribution in [-0.4, -0.2) is 58.4 Å². The Morgan fingerprint density at radius 1 is 1.18 bits per heavy atom. The standard InChI is InChI=1S/C24H25ClN6O2/c1-15-9-21-22-19(28-24(33)31(21)13-15)10-16(12-27-22)14-29-5-7-30(8-6-29)20-4-3-17(11-18(20)25)23(32)26-2/h3-4,9-13H,5-8,14H2,1-2H3,(H,26,32)(H,28,33). The normalized spacial score (nSPS) is 14.8. The second kappa shape index (κ2) is 8.53. The van der Waals surface area contributed by atoms with Gasteiger partial charge in [0.2, 0.25) is 0 Å². The summed E-state index contributed by atoms with van der Waals surface area (Å²) in [5.74, 6) is -0.147. The van der Waals surface area contributed by atoms with Gasteiger partial charge in [-0.2, -0.15) is 0 Å². The summed E-state index contributed by atoms with van der Waals surface area (Å²) in [6.45, 7) is 6.14. The zero-order valence-electron chi connectivity index (χ0n) is 18.6. The molecule has 9 heteroatoms. The number of aromatic amines is 1. The Balaban J connectivity index is 1.29. The average Bonchev–Trinajstić information content (AvgIpc) is 3.21. The highest BCUT2D eigenvalue weighted by molar-refractivity contribution is 6.33. The van der Waals surface area contributed by atoms with Crippen LogP contribution in [0.4, 0.5) is 5.69 Å². The van der Waals surface area contributed by atoms with E-state index in [0.717, 1.165) is 66.1 Å². The predicted octanol–water partition coefficient (Wildman–Crippen LogP) is 2.82. The first-order valence-corrected chi connectivity index (χ1v) is 11.3. The Morgan fingerprint density at radius 3 is 2.70 bits per heavy atom. The number of benzene rings is 1. The second-order valence-electron chi connectivity index (χ2n) is 8.45. The van der Waals surface area contributed by atoms with E-state index < -0.39 is 0 Å². The molecular formula is C24H25ClN6O2. The molecule has 0 unspecified atom stereocenters. The van der Waals surface area contributed by atoms with Crippen molar-refractivity contribution >= 4 is 39.7 Å². The Bertz CT molecular complexity index is 1420. The van der Waals surface area contributed by atoms with Crippen LogP contribution in [0.1, 0.15) is 21.5 Å². The maximum absolute atomic E-state index is 12.4. The molecule has 5 rings (SSSR count). The minimum atomic E-state index is -0.155. The van der Waals surface area contributed by atoms with Crippen molar-refractivity contribution in [2.75, 3.05) is 38.1 Å². The van der Waals surface area contributed by atoms with E-state index in [4.69, 9.17) is 11.6 Å². The van der Waals surface area contributed by atoms with Gasteiger partial charge in [0.25, 0.3) is 5.91 Å². The Labute approximate surface area is 195 Å². The molecule has 0 aliphatic carbocycles. The molecule has 0 spiro atoms. The summed E-state index contributed by atoms with van der Waals surface area (Å²) in [5, 5.41) is 3.20. The number of carbonyl (C=O) groups excluding carboxylic acids is 1. The molecule has 2 N–H and O–H groups in total. The van der Waals surface area contributed by atoms with Gasteiger partial charge in [-0.3, -0.25) is 19.1 Å². The van der Waals surface area contributed by atoms with E-state index in [1.807, 2.05) is 37.5 Å². The summed E-state index contributed by atoms with van der Waals surface area (Å²) in [5.41, 5.74) is 5.81. The van der Waals surface area contributed by atoms with E-state index in [-0.39, 0.29) is 11.6 Å².